The summed E-state index contributed by atoms with van der Waals surface area (Å²) in [7, 11) is 1.58. The lowest BCUT2D eigenvalue weighted by Gasteiger charge is -2.11. The van der Waals surface area contributed by atoms with Gasteiger partial charge < -0.3 is 15.2 Å². The molecule has 1 unspecified atom stereocenters. The van der Waals surface area contributed by atoms with Crippen LogP contribution in [0.1, 0.15) is 32.6 Å². The molecule has 0 saturated carbocycles. The monoisotopic (exact) mass is 274 g/mol. The van der Waals surface area contributed by atoms with Gasteiger partial charge in [0, 0.05) is 26.5 Å². The number of unbranched alkanes of at least 4 members (excludes halogenated alkanes) is 1. The second-order valence-electron chi connectivity index (χ2n) is 4.42. The van der Waals surface area contributed by atoms with Gasteiger partial charge >= 0.3 is 12.0 Å². The average molecular weight is 274 g/mol. The summed E-state index contributed by atoms with van der Waals surface area (Å²) < 4.78 is 4.92. The molecule has 0 fully saturated rings. The normalized spacial score (nSPS) is 11.7. The first-order valence-electron chi connectivity index (χ1n) is 6.24. The van der Waals surface area contributed by atoms with Crippen LogP contribution >= 0.6 is 0 Å². The van der Waals surface area contributed by atoms with Crippen molar-refractivity contribution >= 4 is 17.9 Å². The van der Waals surface area contributed by atoms with Crippen molar-refractivity contribution < 1.29 is 24.2 Å². The minimum absolute atomic E-state index is 0.0357. The summed E-state index contributed by atoms with van der Waals surface area (Å²) in [6.07, 6.45) is 1.06. The third-order valence-electron chi connectivity index (χ3n) is 2.36. The number of ether oxygens (including phenoxy) is 1. The zero-order chi connectivity index (χ0) is 14.7. The van der Waals surface area contributed by atoms with E-state index in [1.54, 1.807) is 7.11 Å². The number of carbonyl (C=O) groups excluding carboxylic acids is 2. The largest absolute Gasteiger partial charge is 0.481 e. The first-order chi connectivity index (χ1) is 8.95. The van der Waals surface area contributed by atoms with E-state index >= 15 is 0 Å². The van der Waals surface area contributed by atoms with E-state index in [1.807, 2.05) is 6.92 Å². The van der Waals surface area contributed by atoms with E-state index in [1.165, 1.54) is 0 Å². The van der Waals surface area contributed by atoms with Gasteiger partial charge in [-0.05, 0) is 18.8 Å². The number of urea groups is 1. The number of hydrogen-bond donors (Lipinski definition) is 3. The number of methoxy groups -OCH3 is 1. The molecule has 0 aromatic rings. The Morgan fingerprint density at radius 1 is 1.21 bits per heavy atom. The molecule has 0 heterocycles. The lowest BCUT2D eigenvalue weighted by Crippen LogP contribution is -2.41. The lowest BCUT2D eigenvalue weighted by atomic mass is 10.2. The molecule has 1 atom stereocenters. The van der Waals surface area contributed by atoms with Crippen LogP contribution in [0, 0.1) is 5.92 Å². The third kappa shape index (κ3) is 11.2. The zero-order valence-electron chi connectivity index (χ0n) is 11.4. The van der Waals surface area contributed by atoms with Crippen molar-refractivity contribution in [2.45, 2.75) is 32.6 Å². The van der Waals surface area contributed by atoms with E-state index in [0.717, 1.165) is 0 Å². The van der Waals surface area contributed by atoms with Crippen LogP contribution in [0.4, 0.5) is 4.79 Å². The molecule has 0 bridgehead atoms. The molecular formula is C12H22N2O5. The second-order valence-corrected chi connectivity index (χ2v) is 4.42. The smallest absolute Gasteiger partial charge is 0.321 e. The standard InChI is InChI=1S/C12H22N2O5/c1-9(8-19-2)7-13-12(18)14-10(15)5-3-4-6-11(16)17/h9H,3-8H2,1-2H3,(H,16,17)(H2,13,14,15,18). The minimum atomic E-state index is -0.884. The fourth-order valence-corrected chi connectivity index (χ4v) is 1.41. The Labute approximate surface area is 112 Å². The quantitative estimate of drug-likeness (QED) is 0.538. The highest BCUT2D eigenvalue weighted by Crippen LogP contribution is 1.99. The average Bonchev–Trinajstić information content (AvgIpc) is 2.32. The zero-order valence-corrected chi connectivity index (χ0v) is 11.4. The van der Waals surface area contributed by atoms with Crippen molar-refractivity contribution in [3.63, 3.8) is 0 Å². The first kappa shape index (κ1) is 17.4. The summed E-state index contributed by atoms with van der Waals surface area (Å²) in [6.45, 7) is 2.87. The van der Waals surface area contributed by atoms with Crippen LogP contribution in [0.2, 0.25) is 0 Å². The maximum absolute atomic E-state index is 11.3. The van der Waals surface area contributed by atoms with Gasteiger partial charge in [0.2, 0.25) is 5.91 Å². The number of amides is 3. The van der Waals surface area contributed by atoms with Crippen LogP contribution in [0.5, 0.6) is 0 Å². The van der Waals surface area contributed by atoms with Gasteiger partial charge in [-0.1, -0.05) is 6.92 Å². The molecule has 0 aliphatic carbocycles. The van der Waals surface area contributed by atoms with Gasteiger partial charge in [0.05, 0.1) is 6.61 Å². The third-order valence-corrected chi connectivity index (χ3v) is 2.36. The molecule has 7 nitrogen and oxygen atoms in total. The number of rotatable bonds is 9. The first-order valence-corrected chi connectivity index (χ1v) is 6.24. The molecule has 0 aromatic heterocycles. The summed E-state index contributed by atoms with van der Waals surface area (Å²) in [5, 5.41) is 13.2. The molecule has 3 amide bonds. The summed E-state index contributed by atoms with van der Waals surface area (Å²) in [5.41, 5.74) is 0. The molecule has 0 saturated heterocycles. The Morgan fingerprint density at radius 2 is 1.84 bits per heavy atom. The molecule has 0 aliphatic rings. The molecule has 0 radical (unpaired) electrons. The number of nitrogens with one attached hydrogen (secondary N) is 2. The van der Waals surface area contributed by atoms with Gasteiger partial charge in [-0.2, -0.15) is 0 Å². The van der Waals surface area contributed by atoms with Gasteiger partial charge in [0.25, 0.3) is 0 Å². The predicted octanol–water partition coefficient (Wildman–Crippen LogP) is 0.740. The van der Waals surface area contributed by atoms with E-state index in [4.69, 9.17) is 9.84 Å². The topological polar surface area (TPSA) is 105 Å². The molecule has 0 rings (SSSR count). The van der Waals surface area contributed by atoms with Crippen LogP contribution in [-0.4, -0.2) is 43.3 Å². The molecule has 7 heteroatoms. The molecule has 3 N–H and O–H groups in total. The summed E-state index contributed by atoms with van der Waals surface area (Å²) in [5.74, 6) is -1.12. The Balaban J connectivity index is 3.63. The fourth-order valence-electron chi connectivity index (χ4n) is 1.41. The number of imide groups is 1. The van der Waals surface area contributed by atoms with Crippen molar-refractivity contribution in [1.29, 1.82) is 0 Å². The molecule has 19 heavy (non-hydrogen) atoms. The van der Waals surface area contributed by atoms with E-state index in [2.05, 4.69) is 10.6 Å². The maximum atomic E-state index is 11.3. The number of carboxylic acids is 1. The van der Waals surface area contributed by atoms with E-state index < -0.39 is 17.9 Å². The number of carboxylic acid groups (broad SMARTS) is 1. The van der Waals surface area contributed by atoms with Crippen molar-refractivity contribution in [3.8, 4) is 0 Å². The Morgan fingerprint density at radius 3 is 2.42 bits per heavy atom. The number of hydrogen-bond acceptors (Lipinski definition) is 4. The Kier molecular flexibility index (Phi) is 9.42. The van der Waals surface area contributed by atoms with Gasteiger partial charge in [-0.15, -0.1) is 0 Å². The molecule has 0 spiro atoms. The van der Waals surface area contributed by atoms with Crippen molar-refractivity contribution in [1.82, 2.24) is 10.6 Å². The second kappa shape index (κ2) is 10.3. The number of carbonyl (C=O) groups is 3. The van der Waals surface area contributed by atoms with Crippen molar-refractivity contribution in [3.05, 3.63) is 0 Å². The fraction of sp³-hybridized carbons (Fsp3) is 0.750. The van der Waals surface area contributed by atoms with Crippen LogP contribution in [0.25, 0.3) is 0 Å². The van der Waals surface area contributed by atoms with Gasteiger partial charge in [-0.3, -0.25) is 14.9 Å². The minimum Gasteiger partial charge on any atom is -0.481 e. The van der Waals surface area contributed by atoms with Crippen LogP contribution in [0.15, 0.2) is 0 Å². The van der Waals surface area contributed by atoms with Gasteiger partial charge in [0.1, 0.15) is 0 Å². The highest BCUT2D eigenvalue weighted by molar-refractivity contribution is 5.94. The molecule has 0 aliphatic heterocycles. The van der Waals surface area contributed by atoms with Gasteiger partial charge in [-0.25, -0.2) is 4.79 Å². The van der Waals surface area contributed by atoms with E-state index in [9.17, 15) is 14.4 Å². The van der Waals surface area contributed by atoms with Crippen LogP contribution < -0.4 is 10.6 Å². The van der Waals surface area contributed by atoms with Crippen molar-refractivity contribution in [2.24, 2.45) is 5.92 Å². The van der Waals surface area contributed by atoms with Gasteiger partial charge in [0.15, 0.2) is 0 Å². The lowest BCUT2D eigenvalue weighted by molar-refractivity contribution is -0.137. The van der Waals surface area contributed by atoms with E-state index in [-0.39, 0.29) is 18.8 Å². The molecular weight excluding hydrogens is 252 g/mol. The molecule has 110 valence electrons. The Bertz CT molecular complexity index is 306. The highest BCUT2D eigenvalue weighted by Gasteiger charge is 2.09. The highest BCUT2D eigenvalue weighted by atomic mass is 16.5. The summed E-state index contributed by atoms with van der Waals surface area (Å²) in [4.78, 5) is 32.9. The summed E-state index contributed by atoms with van der Waals surface area (Å²) in [6, 6.07) is -0.536. The summed E-state index contributed by atoms with van der Waals surface area (Å²) >= 11 is 0. The molecule has 0 aromatic carbocycles. The SMILES string of the molecule is COCC(C)CNC(=O)NC(=O)CCCCC(=O)O. The van der Waals surface area contributed by atoms with Crippen LogP contribution in [0.3, 0.4) is 0 Å². The van der Waals surface area contributed by atoms with Crippen molar-refractivity contribution in [2.75, 3.05) is 20.3 Å². The maximum Gasteiger partial charge on any atom is 0.321 e. The Hall–Kier alpha value is -1.63. The number of aliphatic carboxylic acids is 1. The van der Waals surface area contributed by atoms with Crippen LogP contribution in [-0.2, 0) is 14.3 Å². The van der Waals surface area contributed by atoms with E-state index in [0.29, 0.717) is 26.0 Å². The predicted molar refractivity (Wildman–Crippen MR) is 68.7 cm³/mol.